The van der Waals surface area contributed by atoms with E-state index in [1.807, 2.05) is 12.1 Å². The van der Waals surface area contributed by atoms with Crippen LogP contribution in [0.2, 0.25) is 0 Å². The molecule has 2 unspecified atom stereocenters. The van der Waals surface area contributed by atoms with Crippen LogP contribution in [0.15, 0.2) is 109 Å². The van der Waals surface area contributed by atoms with Crippen LogP contribution in [-0.4, -0.2) is 23.5 Å². The molecule has 2 atom stereocenters. The summed E-state index contributed by atoms with van der Waals surface area (Å²) < 4.78 is 0. The van der Waals surface area contributed by atoms with Gasteiger partial charge in [0.15, 0.2) is 11.6 Å². The van der Waals surface area contributed by atoms with Gasteiger partial charge in [-0.15, -0.1) is 0 Å². The van der Waals surface area contributed by atoms with Crippen LogP contribution in [-0.2, 0) is 29.1 Å². The minimum Gasteiger partial charge on any atom is -0.550 e. The number of rotatable bonds is 8. The number of carbonyl (C=O) groups excluding carboxylic acids is 4. The zero-order chi connectivity index (χ0) is 27.7. The van der Waals surface area contributed by atoms with E-state index >= 15 is 0 Å². The zero-order valence-corrected chi connectivity index (χ0v) is 24.7. The summed E-state index contributed by atoms with van der Waals surface area (Å²) in [6, 6.07) is 31.1. The van der Waals surface area contributed by atoms with Crippen LogP contribution in [0.4, 0.5) is 0 Å². The molecule has 0 saturated heterocycles. The van der Waals surface area contributed by atoms with Crippen LogP contribution >= 0.6 is 0 Å². The topological polar surface area (TPSA) is 114 Å². The maximum Gasteiger partial charge on any atom is 2.00 e. The SMILES string of the molecule is CC(C(=O)[O-])c1cccc(C(=O)c2ccccc2)c1.CC(C(=O)[O-])c1cccc(C(=O)c2ccccc2)c1.[Zn+2]. The molecule has 39 heavy (non-hydrogen) atoms. The number of carboxylic acids is 2. The summed E-state index contributed by atoms with van der Waals surface area (Å²) in [5, 5.41) is 21.7. The molecule has 0 amide bonds. The Bertz CT molecular complexity index is 1320. The first-order chi connectivity index (χ1) is 18.2. The molecule has 0 aliphatic heterocycles. The molecule has 4 rings (SSSR count). The van der Waals surface area contributed by atoms with Gasteiger partial charge < -0.3 is 19.8 Å². The van der Waals surface area contributed by atoms with Gasteiger partial charge in [0.05, 0.1) is 0 Å². The van der Waals surface area contributed by atoms with Crippen molar-refractivity contribution in [1.82, 2.24) is 0 Å². The minimum atomic E-state index is -1.15. The smallest absolute Gasteiger partial charge is 0.550 e. The Balaban J connectivity index is 0.000000267. The third kappa shape index (κ3) is 8.39. The van der Waals surface area contributed by atoms with Crippen molar-refractivity contribution in [2.75, 3.05) is 0 Å². The average molecular weight is 572 g/mol. The van der Waals surface area contributed by atoms with Gasteiger partial charge in [-0.1, -0.05) is 111 Å². The van der Waals surface area contributed by atoms with Crippen molar-refractivity contribution in [1.29, 1.82) is 0 Å². The van der Waals surface area contributed by atoms with E-state index < -0.39 is 23.8 Å². The molecule has 0 N–H and O–H groups in total. The fourth-order valence-corrected chi connectivity index (χ4v) is 3.68. The van der Waals surface area contributed by atoms with Gasteiger partial charge in [0, 0.05) is 46.0 Å². The predicted molar refractivity (Wildman–Crippen MR) is 139 cm³/mol. The van der Waals surface area contributed by atoms with E-state index in [0.717, 1.165) is 0 Å². The van der Waals surface area contributed by atoms with Gasteiger partial charge in [-0.3, -0.25) is 9.59 Å². The van der Waals surface area contributed by atoms with Crippen molar-refractivity contribution in [2.45, 2.75) is 25.7 Å². The van der Waals surface area contributed by atoms with Crippen molar-refractivity contribution in [3.8, 4) is 0 Å². The van der Waals surface area contributed by atoms with Crippen LogP contribution in [0.25, 0.3) is 0 Å². The number of ketones is 2. The quantitative estimate of drug-likeness (QED) is 0.236. The second kappa shape index (κ2) is 14.7. The van der Waals surface area contributed by atoms with Gasteiger partial charge >= 0.3 is 19.5 Å². The second-order valence-electron chi connectivity index (χ2n) is 8.72. The van der Waals surface area contributed by atoms with Crippen molar-refractivity contribution in [3.05, 3.63) is 143 Å². The van der Waals surface area contributed by atoms with Crippen LogP contribution in [0.5, 0.6) is 0 Å². The third-order valence-electron chi connectivity index (χ3n) is 6.08. The molecule has 6 nitrogen and oxygen atoms in total. The Labute approximate surface area is 240 Å². The fourth-order valence-electron chi connectivity index (χ4n) is 3.68. The Morgan fingerprint density at radius 1 is 0.487 bits per heavy atom. The first-order valence-corrected chi connectivity index (χ1v) is 12.0. The molecule has 0 spiro atoms. The number of benzene rings is 4. The van der Waals surface area contributed by atoms with Gasteiger partial charge in [0.2, 0.25) is 0 Å². The third-order valence-corrected chi connectivity index (χ3v) is 6.08. The number of aliphatic carboxylic acids is 2. The summed E-state index contributed by atoms with van der Waals surface area (Å²) in [5.74, 6) is -4.00. The Hall–Kier alpha value is -4.22. The van der Waals surface area contributed by atoms with E-state index in [0.29, 0.717) is 33.4 Å². The van der Waals surface area contributed by atoms with Gasteiger partial charge in [0.1, 0.15) is 0 Å². The normalized spacial score (nSPS) is 11.5. The molecule has 0 bridgehead atoms. The number of hydrogen-bond donors (Lipinski definition) is 0. The van der Waals surface area contributed by atoms with Gasteiger partial charge in [0.25, 0.3) is 0 Å². The summed E-state index contributed by atoms with van der Waals surface area (Å²) in [6.07, 6.45) is 0. The molecule has 0 aliphatic rings. The maximum absolute atomic E-state index is 12.2. The van der Waals surface area contributed by atoms with Gasteiger partial charge in [-0.25, -0.2) is 0 Å². The standard InChI is InChI=1S/2C16H14O3.Zn/c2*1-11(16(18)19)13-8-5-9-14(10-13)15(17)12-6-3-2-4-7-12;/h2*2-11H,1H3,(H,18,19);/q;;+2/p-2. The number of hydrogen-bond acceptors (Lipinski definition) is 6. The summed E-state index contributed by atoms with van der Waals surface area (Å²) in [6.45, 7) is 3.09. The average Bonchev–Trinajstić information content (AvgIpc) is 2.96. The number of carbonyl (C=O) groups is 4. The summed E-state index contributed by atoms with van der Waals surface area (Å²) in [7, 11) is 0. The Morgan fingerprint density at radius 3 is 1.10 bits per heavy atom. The molecule has 7 heteroatoms. The number of carboxylic acid groups (broad SMARTS) is 2. The molecular formula is C32H26O6Zn. The minimum absolute atomic E-state index is 0. The summed E-state index contributed by atoms with van der Waals surface area (Å²) in [5.41, 5.74) is 3.28. The summed E-state index contributed by atoms with van der Waals surface area (Å²) in [4.78, 5) is 46.2. The van der Waals surface area contributed by atoms with Crippen LogP contribution < -0.4 is 10.2 Å². The molecule has 0 aliphatic carbocycles. The Morgan fingerprint density at radius 2 is 0.795 bits per heavy atom. The van der Waals surface area contributed by atoms with E-state index in [2.05, 4.69) is 0 Å². The molecule has 0 fully saturated rings. The van der Waals surface area contributed by atoms with Crippen LogP contribution in [0.3, 0.4) is 0 Å². The van der Waals surface area contributed by atoms with Crippen molar-refractivity contribution in [2.24, 2.45) is 0 Å². The van der Waals surface area contributed by atoms with Gasteiger partial charge in [-0.05, 0) is 23.3 Å². The molecule has 4 aromatic carbocycles. The van der Waals surface area contributed by atoms with Crippen LogP contribution in [0, 0.1) is 0 Å². The van der Waals surface area contributed by atoms with Gasteiger partial charge in [-0.2, -0.15) is 0 Å². The monoisotopic (exact) mass is 570 g/mol. The molecule has 0 saturated carbocycles. The van der Waals surface area contributed by atoms with Crippen molar-refractivity contribution < 1.29 is 48.9 Å². The first-order valence-electron chi connectivity index (χ1n) is 12.0. The molecule has 0 aromatic heterocycles. The van der Waals surface area contributed by atoms with Crippen molar-refractivity contribution in [3.63, 3.8) is 0 Å². The largest absolute Gasteiger partial charge is 2.00 e. The van der Waals surface area contributed by atoms with E-state index in [-0.39, 0.29) is 31.0 Å². The van der Waals surface area contributed by atoms with E-state index in [1.54, 1.807) is 111 Å². The summed E-state index contributed by atoms with van der Waals surface area (Å²) >= 11 is 0. The maximum atomic E-state index is 12.2. The van der Waals surface area contributed by atoms with E-state index in [4.69, 9.17) is 0 Å². The second-order valence-corrected chi connectivity index (χ2v) is 8.72. The zero-order valence-electron chi connectivity index (χ0n) is 21.7. The van der Waals surface area contributed by atoms with Crippen molar-refractivity contribution >= 4 is 23.5 Å². The molecule has 0 heterocycles. The molecular weight excluding hydrogens is 546 g/mol. The van der Waals surface area contributed by atoms with E-state index in [9.17, 15) is 29.4 Å². The van der Waals surface area contributed by atoms with Crippen LogP contribution in [0.1, 0.15) is 68.7 Å². The van der Waals surface area contributed by atoms with E-state index in [1.165, 1.54) is 0 Å². The molecule has 192 valence electrons. The Kier molecular flexibility index (Phi) is 11.6. The molecule has 0 radical (unpaired) electrons. The fraction of sp³-hybridized carbons (Fsp3) is 0.125. The molecule has 4 aromatic rings. The first kappa shape index (κ1) is 31.0. The predicted octanol–water partition coefficient (Wildman–Crippen LogP) is 3.54.